The molecule has 1 aliphatic rings. The fraction of sp³-hybridized carbons (Fsp3) is 0.222. The second-order valence-electron chi connectivity index (χ2n) is 5.60. The summed E-state index contributed by atoms with van der Waals surface area (Å²) in [6.07, 6.45) is -0.0609. The van der Waals surface area contributed by atoms with E-state index >= 15 is 0 Å². The van der Waals surface area contributed by atoms with Gasteiger partial charge in [0, 0.05) is 0 Å². The number of ether oxygens (including phenoxy) is 1. The number of fused-ring (bicyclic) bond motifs is 1. The van der Waals surface area contributed by atoms with Crippen LogP contribution < -0.4 is 11.1 Å². The lowest BCUT2D eigenvalue weighted by molar-refractivity contribution is -0.137. The van der Waals surface area contributed by atoms with Crippen molar-refractivity contribution in [3.05, 3.63) is 71.0 Å². The first kappa shape index (κ1) is 16.1. The van der Waals surface area contributed by atoms with E-state index in [1.807, 2.05) is 24.3 Å². The lowest BCUT2D eigenvalue weighted by Gasteiger charge is -2.26. The Morgan fingerprint density at radius 1 is 1.17 bits per heavy atom. The maximum absolute atomic E-state index is 13.0. The third kappa shape index (κ3) is 3.28. The predicted octanol–water partition coefficient (Wildman–Crippen LogP) is 1.78. The van der Waals surface area contributed by atoms with Crippen LogP contribution in [0.5, 0.6) is 0 Å². The second-order valence-corrected chi connectivity index (χ2v) is 5.60. The van der Waals surface area contributed by atoms with Gasteiger partial charge in [-0.05, 0) is 35.2 Å². The highest BCUT2D eigenvalue weighted by Gasteiger charge is 2.30. The van der Waals surface area contributed by atoms with Crippen molar-refractivity contribution in [1.82, 2.24) is 5.32 Å². The first-order valence-electron chi connectivity index (χ1n) is 7.61. The van der Waals surface area contributed by atoms with Gasteiger partial charge in [0.25, 0.3) is 5.91 Å². The van der Waals surface area contributed by atoms with Gasteiger partial charge < -0.3 is 15.8 Å². The van der Waals surface area contributed by atoms with Gasteiger partial charge in [-0.1, -0.05) is 36.4 Å². The summed E-state index contributed by atoms with van der Waals surface area (Å²) in [4.78, 5) is 24.3. The van der Waals surface area contributed by atoms with E-state index in [1.54, 1.807) is 0 Å². The van der Waals surface area contributed by atoms with Crippen molar-refractivity contribution in [1.29, 1.82) is 0 Å². The highest BCUT2D eigenvalue weighted by molar-refractivity contribution is 5.90. The Kier molecular flexibility index (Phi) is 4.57. The van der Waals surface area contributed by atoms with E-state index in [0.717, 1.165) is 17.5 Å². The lowest BCUT2D eigenvalue weighted by Crippen LogP contribution is -2.41. The summed E-state index contributed by atoms with van der Waals surface area (Å²) < 4.78 is 18.6. The molecule has 3 N–H and O–H groups in total. The Balaban J connectivity index is 1.82. The van der Waals surface area contributed by atoms with Crippen molar-refractivity contribution in [3.63, 3.8) is 0 Å². The normalized spacial score (nSPS) is 17.6. The van der Waals surface area contributed by atoms with E-state index in [0.29, 0.717) is 12.2 Å². The third-order valence-corrected chi connectivity index (χ3v) is 4.01. The van der Waals surface area contributed by atoms with Crippen LogP contribution >= 0.6 is 0 Å². The zero-order chi connectivity index (χ0) is 17.1. The number of carbonyl (C=O) groups is 2. The second kappa shape index (κ2) is 6.80. The summed E-state index contributed by atoms with van der Waals surface area (Å²) in [5, 5.41) is 2.60. The van der Waals surface area contributed by atoms with E-state index in [-0.39, 0.29) is 0 Å². The van der Waals surface area contributed by atoms with Gasteiger partial charge >= 0.3 is 0 Å². The summed E-state index contributed by atoms with van der Waals surface area (Å²) >= 11 is 0. The van der Waals surface area contributed by atoms with E-state index in [1.165, 1.54) is 24.3 Å². The van der Waals surface area contributed by atoms with Crippen molar-refractivity contribution < 1.29 is 18.7 Å². The molecule has 2 aromatic rings. The van der Waals surface area contributed by atoms with Crippen LogP contribution in [0.1, 0.15) is 28.8 Å². The standard InChI is InChI=1S/C18H17FN2O3/c19-13-7-5-12(6-8-13)15(17(20)22)21-18(23)16-14-4-2-1-3-11(14)9-10-24-16/h1-8,15-16H,9-10H2,(H2,20,22)(H,21,23)/t15-,16+/m0/s1. The topological polar surface area (TPSA) is 81.4 Å². The largest absolute Gasteiger partial charge is 0.368 e. The Bertz CT molecular complexity index is 761. The van der Waals surface area contributed by atoms with Crippen molar-refractivity contribution >= 4 is 11.8 Å². The Labute approximate surface area is 138 Å². The van der Waals surface area contributed by atoms with Crippen molar-refractivity contribution in [2.75, 3.05) is 6.61 Å². The summed E-state index contributed by atoms with van der Waals surface area (Å²) in [7, 11) is 0. The molecular weight excluding hydrogens is 311 g/mol. The fourth-order valence-electron chi connectivity index (χ4n) is 2.80. The van der Waals surface area contributed by atoms with Gasteiger partial charge in [-0.25, -0.2) is 4.39 Å². The summed E-state index contributed by atoms with van der Waals surface area (Å²) in [5.74, 6) is -1.60. The van der Waals surface area contributed by atoms with Crippen LogP contribution in [-0.2, 0) is 20.7 Å². The molecule has 1 heterocycles. The maximum atomic E-state index is 13.0. The number of halogens is 1. The minimum atomic E-state index is -1.05. The fourth-order valence-corrected chi connectivity index (χ4v) is 2.80. The van der Waals surface area contributed by atoms with Crippen LogP contribution in [0, 0.1) is 5.82 Å². The minimum absolute atomic E-state index is 0.418. The number of primary amides is 1. The first-order valence-corrected chi connectivity index (χ1v) is 7.61. The monoisotopic (exact) mass is 328 g/mol. The third-order valence-electron chi connectivity index (χ3n) is 4.01. The van der Waals surface area contributed by atoms with Gasteiger partial charge in [0.05, 0.1) is 6.61 Å². The molecule has 0 saturated carbocycles. The molecule has 0 saturated heterocycles. The van der Waals surface area contributed by atoms with Gasteiger partial charge in [-0.15, -0.1) is 0 Å². The zero-order valence-corrected chi connectivity index (χ0v) is 12.9. The van der Waals surface area contributed by atoms with Gasteiger partial charge in [0.1, 0.15) is 11.9 Å². The van der Waals surface area contributed by atoms with Gasteiger partial charge in [0.2, 0.25) is 5.91 Å². The average Bonchev–Trinajstić information content (AvgIpc) is 2.59. The molecule has 1 aliphatic heterocycles. The number of benzene rings is 2. The first-order chi connectivity index (χ1) is 11.6. The van der Waals surface area contributed by atoms with E-state index in [9.17, 15) is 14.0 Å². The Morgan fingerprint density at radius 3 is 2.58 bits per heavy atom. The van der Waals surface area contributed by atoms with Crippen molar-refractivity contribution in [3.8, 4) is 0 Å². The molecule has 0 radical (unpaired) electrons. The highest BCUT2D eigenvalue weighted by Crippen LogP contribution is 2.28. The van der Waals surface area contributed by atoms with Gasteiger partial charge in [0.15, 0.2) is 6.10 Å². The van der Waals surface area contributed by atoms with Gasteiger partial charge in [-0.2, -0.15) is 0 Å². The Morgan fingerprint density at radius 2 is 1.88 bits per heavy atom. The SMILES string of the molecule is NC(=O)[C@@H](NC(=O)[C@@H]1OCCc2ccccc21)c1ccc(F)cc1. The molecule has 124 valence electrons. The number of carbonyl (C=O) groups excluding carboxylic acids is 2. The number of rotatable bonds is 4. The minimum Gasteiger partial charge on any atom is -0.368 e. The van der Waals surface area contributed by atoms with Crippen LogP contribution in [-0.4, -0.2) is 18.4 Å². The number of hydrogen-bond acceptors (Lipinski definition) is 3. The van der Waals surface area contributed by atoms with Crippen LogP contribution in [0.25, 0.3) is 0 Å². The molecule has 2 amide bonds. The number of hydrogen-bond donors (Lipinski definition) is 2. The molecule has 0 aliphatic carbocycles. The summed E-state index contributed by atoms with van der Waals surface area (Å²) in [6.45, 7) is 0.423. The van der Waals surface area contributed by atoms with Gasteiger partial charge in [-0.3, -0.25) is 9.59 Å². The van der Waals surface area contributed by atoms with Crippen LogP contribution in [0.15, 0.2) is 48.5 Å². The molecule has 2 aromatic carbocycles. The predicted molar refractivity (Wildman–Crippen MR) is 85.3 cm³/mol. The van der Waals surface area contributed by atoms with E-state index in [4.69, 9.17) is 10.5 Å². The zero-order valence-electron chi connectivity index (χ0n) is 12.9. The van der Waals surface area contributed by atoms with E-state index in [2.05, 4.69) is 5.32 Å². The molecular formula is C18H17FN2O3. The molecule has 0 aromatic heterocycles. The van der Waals surface area contributed by atoms with Crippen LogP contribution in [0.3, 0.4) is 0 Å². The molecule has 5 nitrogen and oxygen atoms in total. The molecule has 2 atom stereocenters. The van der Waals surface area contributed by atoms with E-state index < -0.39 is 29.8 Å². The summed E-state index contributed by atoms with van der Waals surface area (Å²) in [6, 6.07) is 11.7. The quantitative estimate of drug-likeness (QED) is 0.898. The highest BCUT2D eigenvalue weighted by atomic mass is 19.1. The number of amides is 2. The molecule has 0 spiro atoms. The van der Waals surface area contributed by atoms with Crippen molar-refractivity contribution in [2.24, 2.45) is 5.73 Å². The molecule has 3 rings (SSSR count). The lowest BCUT2D eigenvalue weighted by atomic mass is 9.96. The summed E-state index contributed by atoms with van der Waals surface area (Å²) in [5.41, 5.74) is 7.63. The molecule has 24 heavy (non-hydrogen) atoms. The van der Waals surface area contributed by atoms with Crippen molar-refractivity contribution in [2.45, 2.75) is 18.6 Å². The van der Waals surface area contributed by atoms with Crippen LogP contribution in [0.2, 0.25) is 0 Å². The molecule has 0 bridgehead atoms. The molecule has 0 fully saturated rings. The number of nitrogens with two attached hydrogens (primary N) is 1. The smallest absolute Gasteiger partial charge is 0.254 e. The maximum Gasteiger partial charge on any atom is 0.254 e. The Hall–Kier alpha value is -2.73. The number of nitrogens with one attached hydrogen (secondary N) is 1. The molecule has 6 heteroatoms. The van der Waals surface area contributed by atoms with Crippen LogP contribution in [0.4, 0.5) is 4.39 Å². The average molecular weight is 328 g/mol. The molecule has 0 unspecified atom stereocenters.